The van der Waals surface area contributed by atoms with Gasteiger partial charge in [-0.2, -0.15) is 4.31 Å². The molecule has 0 fully saturated rings. The highest BCUT2D eigenvalue weighted by Crippen LogP contribution is 2.40. The number of fused-ring (bicyclic) bond motifs is 1. The summed E-state index contributed by atoms with van der Waals surface area (Å²) in [5.74, 6) is -0.457. The van der Waals surface area contributed by atoms with Gasteiger partial charge in [0.2, 0.25) is 10.0 Å². The molecular formula is C20H21NO4S. The van der Waals surface area contributed by atoms with Crippen LogP contribution in [0.4, 0.5) is 0 Å². The van der Waals surface area contributed by atoms with Crippen molar-refractivity contribution in [3.05, 3.63) is 71.8 Å². The fraction of sp³-hybridized carbons (Fsp3) is 0.250. The number of benzene rings is 2. The smallest absolute Gasteiger partial charge is 0.307 e. The molecule has 1 heterocycles. The van der Waals surface area contributed by atoms with Crippen LogP contribution in [0, 0.1) is 6.92 Å². The summed E-state index contributed by atoms with van der Waals surface area (Å²) in [6.45, 7) is 6.07. The molecular weight excluding hydrogens is 350 g/mol. The summed E-state index contributed by atoms with van der Waals surface area (Å²) in [6.07, 6.45) is -0.0497. The Morgan fingerprint density at radius 2 is 1.85 bits per heavy atom. The minimum Gasteiger partial charge on any atom is -0.469 e. The molecule has 1 aliphatic heterocycles. The van der Waals surface area contributed by atoms with E-state index >= 15 is 0 Å². The molecule has 26 heavy (non-hydrogen) atoms. The Morgan fingerprint density at radius 1 is 1.19 bits per heavy atom. The minimum atomic E-state index is -3.79. The Hall–Kier alpha value is -2.44. The van der Waals surface area contributed by atoms with E-state index in [1.807, 2.05) is 31.2 Å². The van der Waals surface area contributed by atoms with Crippen molar-refractivity contribution in [2.75, 3.05) is 13.7 Å². The van der Waals surface area contributed by atoms with Crippen LogP contribution in [0.1, 0.15) is 29.2 Å². The number of hydrogen-bond acceptors (Lipinski definition) is 4. The number of carbonyl (C=O) groups excluding carboxylic acids is 1. The van der Waals surface area contributed by atoms with Crippen LogP contribution < -0.4 is 0 Å². The van der Waals surface area contributed by atoms with Crippen LogP contribution in [0.5, 0.6) is 0 Å². The highest BCUT2D eigenvalue weighted by Gasteiger charge is 2.38. The van der Waals surface area contributed by atoms with Gasteiger partial charge < -0.3 is 4.74 Å². The zero-order chi connectivity index (χ0) is 18.9. The molecule has 1 aliphatic rings. The molecule has 0 saturated heterocycles. The third kappa shape index (κ3) is 3.30. The third-order valence-corrected chi connectivity index (χ3v) is 6.48. The van der Waals surface area contributed by atoms with Gasteiger partial charge in [-0.25, -0.2) is 8.42 Å². The molecule has 136 valence electrons. The second kappa shape index (κ2) is 7.05. The molecule has 1 unspecified atom stereocenters. The van der Waals surface area contributed by atoms with Crippen LogP contribution in [0.15, 0.2) is 60.0 Å². The Kier molecular flexibility index (Phi) is 4.98. The second-order valence-electron chi connectivity index (χ2n) is 6.35. The van der Waals surface area contributed by atoms with E-state index in [0.29, 0.717) is 5.57 Å². The zero-order valence-corrected chi connectivity index (χ0v) is 15.6. The topological polar surface area (TPSA) is 63.7 Å². The lowest BCUT2D eigenvalue weighted by Crippen LogP contribution is -2.40. The van der Waals surface area contributed by atoms with E-state index in [2.05, 4.69) is 6.58 Å². The summed E-state index contributed by atoms with van der Waals surface area (Å²) in [5.41, 5.74) is 3.34. The maximum Gasteiger partial charge on any atom is 0.307 e. The molecule has 0 N–H and O–H groups in total. The first kappa shape index (κ1) is 18.4. The van der Waals surface area contributed by atoms with Gasteiger partial charge in [0.1, 0.15) is 0 Å². The second-order valence-corrected chi connectivity index (χ2v) is 8.24. The molecule has 0 amide bonds. The van der Waals surface area contributed by atoms with Gasteiger partial charge in [-0.1, -0.05) is 48.5 Å². The van der Waals surface area contributed by atoms with Crippen LogP contribution in [-0.2, 0) is 19.6 Å². The van der Waals surface area contributed by atoms with Gasteiger partial charge in [0.05, 0.1) is 24.5 Å². The van der Waals surface area contributed by atoms with Crippen molar-refractivity contribution in [3.8, 4) is 0 Å². The minimum absolute atomic E-state index is 0.0497. The maximum absolute atomic E-state index is 13.3. The highest BCUT2D eigenvalue weighted by atomic mass is 32.2. The number of esters is 1. The average Bonchev–Trinajstić information content (AvgIpc) is 2.64. The lowest BCUT2D eigenvalue weighted by molar-refractivity contribution is -0.141. The number of methoxy groups -OCH3 is 1. The third-order valence-electron chi connectivity index (χ3n) is 4.61. The van der Waals surface area contributed by atoms with Crippen molar-refractivity contribution in [2.45, 2.75) is 24.3 Å². The monoisotopic (exact) mass is 371 g/mol. The SMILES string of the molecule is C=C1CN(S(=O)(=O)c2ccc(C)cc2)C(CC(=O)OC)c2ccccc21. The Morgan fingerprint density at radius 3 is 2.50 bits per heavy atom. The number of ether oxygens (including phenoxy) is 1. The van der Waals surface area contributed by atoms with Crippen LogP contribution in [0.25, 0.3) is 5.57 Å². The molecule has 0 radical (unpaired) electrons. The number of rotatable bonds is 4. The van der Waals surface area contributed by atoms with Crippen LogP contribution in [0.2, 0.25) is 0 Å². The average molecular weight is 371 g/mol. The van der Waals surface area contributed by atoms with E-state index in [4.69, 9.17) is 4.74 Å². The lowest BCUT2D eigenvalue weighted by Gasteiger charge is -2.36. The summed E-state index contributed by atoms with van der Waals surface area (Å²) < 4.78 is 32.7. The van der Waals surface area contributed by atoms with E-state index in [0.717, 1.165) is 16.7 Å². The van der Waals surface area contributed by atoms with Gasteiger partial charge in [-0.15, -0.1) is 0 Å². The normalized spacial score (nSPS) is 17.6. The fourth-order valence-electron chi connectivity index (χ4n) is 3.20. The number of carbonyl (C=O) groups is 1. The van der Waals surface area contributed by atoms with Gasteiger partial charge in [-0.3, -0.25) is 4.79 Å². The lowest BCUT2D eigenvalue weighted by atomic mass is 9.90. The molecule has 0 saturated carbocycles. The molecule has 0 aromatic heterocycles. The van der Waals surface area contributed by atoms with E-state index < -0.39 is 22.0 Å². The number of nitrogens with zero attached hydrogens (tertiary/aromatic N) is 1. The van der Waals surface area contributed by atoms with Gasteiger partial charge in [0.25, 0.3) is 0 Å². The summed E-state index contributed by atoms with van der Waals surface area (Å²) in [7, 11) is -2.49. The van der Waals surface area contributed by atoms with Crippen molar-refractivity contribution in [1.29, 1.82) is 0 Å². The van der Waals surface area contributed by atoms with Crippen LogP contribution in [-0.4, -0.2) is 32.3 Å². The Bertz CT molecular complexity index is 948. The molecule has 0 aliphatic carbocycles. The predicted octanol–water partition coefficient (Wildman–Crippen LogP) is 3.32. The van der Waals surface area contributed by atoms with E-state index in [1.165, 1.54) is 11.4 Å². The van der Waals surface area contributed by atoms with E-state index in [-0.39, 0.29) is 17.9 Å². The molecule has 2 aromatic rings. The van der Waals surface area contributed by atoms with Gasteiger partial charge in [-0.05, 0) is 35.8 Å². The first-order chi connectivity index (χ1) is 12.3. The first-order valence-corrected chi connectivity index (χ1v) is 9.71. The Balaban J connectivity index is 2.10. The van der Waals surface area contributed by atoms with Crippen LogP contribution in [0.3, 0.4) is 0 Å². The van der Waals surface area contributed by atoms with Crippen molar-refractivity contribution < 1.29 is 17.9 Å². The van der Waals surface area contributed by atoms with E-state index in [9.17, 15) is 13.2 Å². The summed E-state index contributed by atoms with van der Waals surface area (Å²) >= 11 is 0. The molecule has 5 nitrogen and oxygen atoms in total. The van der Waals surface area contributed by atoms with Crippen molar-refractivity contribution >= 4 is 21.6 Å². The Labute approximate surface area is 154 Å². The number of aryl methyl sites for hydroxylation is 1. The van der Waals surface area contributed by atoms with Crippen molar-refractivity contribution in [1.82, 2.24) is 4.31 Å². The largest absolute Gasteiger partial charge is 0.469 e. The molecule has 2 aromatic carbocycles. The zero-order valence-electron chi connectivity index (χ0n) is 14.8. The van der Waals surface area contributed by atoms with E-state index in [1.54, 1.807) is 24.3 Å². The molecule has 6 heteroatoms. The first-order valence-electron chi connectivity index (χ1n) is 8.27. The van der Waals surface area contributed by atoms with Crippen molar-refractivity contribution in [2.24, 2.45) is 0 Å². The van der Waals surface area contributed by atoms with Gasteiger partial charge >= 0.3 is 5.97 Å². The van der Waals surface area contributed by atoms with Gasteiger partial charge in [0.15, 0.2) is 0 Å². The van der Waals surface area contributed by atoms with Crippen molar-refractivity contribution in [3.63, 3.8) is 0 Å². The quantitative estimate of drug-likeness (QED) is 0.774. The van der Waals surface area contributed by atoms with Crippen LogP contribution >= 0.6 is 0 Å². The number of sulfonamides is 1. The standard InChI is InChI=1S/C20H21NO4S/c1-14-8-10-16(11-9-14)26(23,24)21-13-15(2)17-6-4-5-7-18(17)19(21)12-20(22)25-3/h4-11,19H,2,12-13H2,1,3H3. The molecule has 1 atom stereocenters. The molecule has 0 spiro atoms. The fourth-order valence-corrected chi connectivity index (χ4v) is 4.80. The summed E-state index contributed by atoms with van der Waals surface area (Å²) in [5, 5.41) is 0. The summed E-state index contributed by atoms with van der Waals surface area (Å²) in [6, 6.07) is 13.5. The predicted molar refractivity (Wildman–Crippen MR) is 99.9 cm³/mol. The van der Waals surface area contributed by atoms with Gasteiger partial charge in [0, 0.05) is 6.54 Å². The molecule has 0 bridgehead atoms. The summed E-state index contributed by atoms with van der Waals surface area (Å²) in [4.78, 5) is 12.2. The number of hydrogen-bond donors (Lipinski definition) is 0. The highest BCUT2D eigenvalue weighted by molar-refractivity contribution is 7.89. The molecule has 3 rings (SSSR count). The maximum atomic E-state index is 13.3.